The van der Waals surface area contributed by atoms with Gasteiger partial charge in [0.15, 0.2) is 0 Å². The fraction of sp³-hybridized carbons (Fsp3) is 0.436. The van der Waals surface area contributed by atoms with Crippen molar-refractivity contribution in [1.82, 2.24) is 0 Å². The van der Waals surface area contributed by atoms with Crippen LogP contribution in [0.3, 0.4) is 0 Å². The number of benzene rings is 5. The first-order chi connectivity index (χ1) is 27.8. The van der Waals surface area contributed by atoms with E-state index in [4.69, 9.17) is 0 Å². The van der Waals surface area contributed by atoms with E-state index in [-0.39, 0.29) is 81.8 Å². The quantitative estimate of drug-likeness (QED) is 0.104. The van der Waals surface area contributed by atoms with E-state index < -0.39 is 16.6 Å². The van der Waals surface area contributed by atoms with Crippen LogP contribution in [0.15, 0.2) is 60.7 Å². The third-order valence-corrected chi connectivity index (χ3v) is 12.5. The molecule has 0 spiro atoms. The Bertz CT molecular complexity index is 2390. The number of hydrogen-bond donors (Lipinski definition) is 5. The predicted octanol–water partition coefficient (Wildman–Crippen LogP) is 12.6. The van der Waals surface area contributed by atoms with E-state index in [1.807, 2.05) is 90.1 Å². The Kier molecular flexibility index (Phi) is 11.4. The molecule has 6 heteroatoms. The van der Waals surface area contributed by atoms with Gasteiger partial charge in [0.25, 0.3) is 0 Å². The molecule has 0 heterocycles. The molecule has 5 aromatic rings. The predicted molar refractivity (Wildman–Crippen MR) is 249 cm³/mol. The molecule has 0 unspecified atom stereocenters. The van der Waals surface area contributed by atoms with E-state index in [2.05, 4.69) is 62.3 Å². The molecule has 0 fully saturated rings. The van der Waals surface area contributed by atoms with Crippen molar-refractivity contribution in [1.29, 1.82) is 0 Å². The van der Waals surface area contributed by atoms with Crippen LogP contribution in [0.2, 0.25) is 0 Å². The zero-order valence-corrected chi connectivity index (χ0v) is 39.2. The minimum Gasteiger partial charge on any atom is -0.507 e. The fourth-order valence-electron chi connectivity index (χ4n) is 8.22. The summed E-state index contributed by atoms with van der Waals surface area (Å²) in [7, 11) is 0. The number of carbonyl (C=O) groups is 1. The Morgan fingerprint density at radius 2 is 0.459 bits per heavy atom. The third kappa shape index (κ3) is 9.20. The summed E-state index contributed by atoms with van der Waals surface area (Å²) < 4.78 is 0. The number of hydrogen-bond acceptors (Lipinski definition) is 6. The molecule has 0 amide bonds. The van der Waals surface area contributed by atoms with Crippen LogP contribution in [-0.4, -0.2) is 31.3 Å². The van der Waals surface area contributed by atoms with E-state index in [0.717, 1.165) is 27.8 Å². The molecular weight excluding hydrogens is 757 g/mol. The lowest BCUT2D eigenvalue weighted by Crippen LogP contribution is -2.17. The summed E-state index contributed by atoms with van der Waals surface area (Å²) in [6.07, 6.45) is 0.710. The minimum absolute atomic E-state index is 0.0540. The highest BCUT2D eigenvalue weighted by atomic mass is 16.3. The Hall–Kier alpha value is -5.23. The van der Waals surface area contributed by atoms with Crippen molar-refractivity contribution in [3.05, 3.63) is 144 Å². The molecule has 5 aromatic carbocycles. The van der Waals surface area contributed by atoms with Gasteiger partial charge in [-0.1, -0.05) is 152 Å². The van der Waals surface area contributed by atoms with Crippen LogP contribution in [0.1, 0.15) is 192 Å². The molecule has 0 aliphatic heterocycles. The van der Waals surface area contributed by atoms with Gasteiger partial charge in [0.2, 0.25) is 5.78 Å². The summed E-state index contributed by atoms with van der Waals surface area (Å²) in [5.41, 5.74) is 7.61. The Balaban J connectivity index is 1.77. The molecule has 0 atom stereocenters. The molecule has 324 valence electrons. The van der Waals surface area contributed by atoms with Crippen molar-refractivity contribution in [3.8, 4) is 28.7 Å². The zero-order chi connectivity index (χ0) is 45.5. The van der Waals surface area contributed by atoms with Crippen LogP contribution in [0.4, 0.5) is 0 Å². The van der Waals surface area contributed by atoms with Gasteiger partial charge in [0, 0.05) is 25.7 Å². The number of fused-ring (bicyclic) bond motifs is 10. The molecule has 6 nitrogen and oxygen atoms in total. The topological polar surface area (TPSA) is 118 Å². The molecule has 0 radical (unpaired) electrons. The molecular formula is C55H68O6. The van der Waals surface area contributed by atoms with Crippen molar-refractivity contribution >= 4 is 5.78 Å². The molecule has 0 aromatic heterocycles. The van der Waals surface area contributed by atoms with Crippen LogP contribution in [0.25, 0.3) is 0 Å². The summed E-state index contributed by atoms with van der Waals surface area (Å²) in [5, 5.41) is 61.1. The van der Waals surface area contributed by atoms with Crippen molar-refractivity contribution < 1.29 is 30.3 Å². The van der Waals surface area contributed by atoms with Crippen molar-refractivity contribution in [2.45, 2.75) is 157 Å². The number of ketones is 1. The van der Waals surface area contributed by atoms with Gasteiger partial charge in [-0.2, -0.15) is 0 Å². The van der Waals surface area contributed by atoms with Gasteiger partial charge in [-0.25, -0.2) is 0 Å². The fourth-order valence-corrected chi connectivity index (χ4v) is 8.22. The molecule has 1 aliphatic carbocycles. The third-order valence-electron chi connectivity index (χ3n) is 12.5. The Morgan fingerprint density at radius 3 is 0.639 bits per heavy atom. The molecule has 10 bridgehead atoms. The summed E-state index contributed by atoms with van der Waals surface area (Å²) in [4.78, 5) is 15.0. The maximum Gasteiger partial charge on any atom is 0.200 e. The SMILES string of the molecule is CC(C)(C)c1cc2c(O)c(c1)Cc1cc(C(C)(C)C)cc(c1O)Cc1cc(C(C)(C)C)cc(c1O)C(=O)c1cc(C(C)(C)C)cc(c1O)Cc1cc(C(C)(C)C)cc(c1O)C2. The van der Waals surface area contributed by atoms with Gasteiger partial charge in [-0.05, 0) is 112 Å². The maximum atomic E-state index is 15.0. The van der Waals surface area contributed by atoms with Crippen LogP contribution >= 0.6 is 0 Å². The lowest BCUT2D eigenvalue weighted by Gasteiger charge is -2.26. The van der Waals surface area contributed by atoms with E-state index in [0.29, 0.717) is 44.5 Å². The second-order valence-corrected chi connectivity index (χ2v) is 22.8. The highest BCUT2D eigenvalue weighted by Gasteiger charge is 2.30. The summed E-state index contributed by atoms with van der Waals surface area (Å²) >= 11 is 0. The number of rotatable bonds is 0. The molecule has 61 heavy (non-hydrogen) atoms. The second-order valence-electron chi connectivity index (χ2n) is 22.8. The number of phenolic OH excluding ortho intramolecular Hbond substituents is 5. The zero-order valence-electron chi connectivity index (χ0n) is 39.2. The van der Waals surface area contributed by atoms with Gasteiger partial charge in [0.05, 0.1) is 11.1 Å². The van der Waals surface area contributed by atoms with E-state index in [1.54, 1.807) is 12.1 Å². The lowest BCUT2D eigenvalue weighted by molar-refractivity contribution is 0.103. The molecule has 5 N–H and O–H groups in total. The first kappa shape index (κ1) is 45.3. The number of aromatic hydroxyl groups is 5. The van der Waals surface area contributed by atoms with Gasteiger partial charge in [0.1, 0.15) is 28.7 Å². The smallest absolute Gasteiger partial charge is 0.200 e. The summed E-state index contributed by atoms with van der Waals surface area (Å²) in [5.74, 6) is -0.731. The Labute approximate surface area is 364 Å². The number of carbonyl (C=O) groups excluding carboxylic acids is 1. The average Bonchev–Trinajstić information content (AvgIpc) is 3.11. The summed E-state index contributed by atoms with van der Waals surface area (Å²) in [6.45, 7) is 31.3. The van der Waals surface area contributed by atoms with Crippen LogP contribution < -0.4 is 0 Å². The normalized spacial score (nSPS) is 14.2. The molecule has 1 aliphatic rings. The number of phenols is 5. The molecule has 6 rings (SSSR count). The molecule has 0 saturated carbocycles. The average molecular weight is 825 g/mol. The van der Waals surface area contributed by atoms with Crippen molar-refractivity contribution in [2.75, 3.05) is 0 Å². The first-order valence-electron chi connectivity index (χ1n) is 21.7. The van der Waals surface area contributed by atoms with Gasteiger partial charge < -0.3 is 25.5 Å². The van der Waals surface area contributed by atoms with Crippen LogP contribution in [0.5, 0.6) is 28.7 Å². The van der Waals surface area contributed by atoms with Crippen LogP contribution in [0, 0.1) is 0 Å². The van der Waals surface area contributed by atoms with E-state index >= 15 is 0 Å². The maximum absolute atomic E-state index is 15.0. The summed E-state index contributed by atoms with van der Waals surface area (Å²) in [6, 6.07) is 19.2. The van der Waals surface area contributed by atoms with Gasteiger partial charge in [-0.3, -0.25) is 4.79 Å². The highest BCUT2D eigenvalue weighted by Crippen LogP contribution is 2.44. The largest absolute Gasteiger partial charge is 0.507 e. The van der Waals surface area contributed by atoms with Gasteiger partial charge >= 0.3 is 0 Å². The highest BCUT2D eigenvalue weighted by molar-refractivity contribution is 6.13. The monoisotopic (exact) mass is 825 g/mol. The first-order valence-corrected chi connectivity index (χ1v) is 21.7. The molecule has 0 saturated heterocycles. The van der Waals surface area contributed by atoms with Gasteiger partial charge in [-0.15, -0.1) is 0 Å². The van der Waals surface area contributed by atoms with Crippen molar-refractivity contribution in [2.24, 2.45) is 0 Å². The van der Waals surface area contributed by atoms with E-state index in [9.17, 15) is 30.3 Å². The standard InChI is InChI=1S/C55H68O6/c1-51(2,3)38-20-30-16-32-22-39(52(4,5)6)24-34(46(32)57)18-36-26-41(54(10,11)12)28-43(48(36)59)50(61)44-29-42(55(13,14)15)27-37(49(44)60)19-35-25-40(53(7,8)9)23-33(47(35)58)17-31(21-38)45(30)56/h20-29,56-60H,16-19H2,1-15H3. The van der Waals surface area contributed by atoms with E-state index in [1.165, 1.54) is 0 Å². The minimum atomic E-state index is -0.519. The van der Waals surface area contributed by atoms with Crippen LogP contribution in [-0.2, 0) is 52.8 Å². The van der Waals surface area contributed by atoms with Crippen molar-refractivity contribution in [3.63, 3.8) is 0 Å². The Morgan fingerprint density at radius 1 is 0.295 bits per heavy atom. The lowest BCUT2D eigenvalue weighted by atomic mass is 9.79. The second kappa shape index (κ2) is 15.3.